The van der Waals surface area contributed by atoms with Crippen LogP contribution in [0.4, 0.5) is 0 Å². The maximum Gasteiger partial charge on any atom is 0.0501 e. The van der Waals surface area contributed by atoms with Crippen molar-refractivity contribution in [1.29, 1.82) is 0 Å². The van der Waals surface area contributed by atoms with Crippen molar-refractivity contribution in [2.45, 2.75) is 24.1 Å². The maximum absolute atomic E-state index is 3.96. The van der Waals surface area contributed by atoms with Gasteiger partial charge < -0.3 is 0 Å². The lowest BCUT2D eigenvalue weighted by atomic mass is 9.79. The van der Waals surface area contributed by atoms with Gasteiger partial charge in [0.2, 0.25) is 0 Å². The monoisotopic (exact) mass is 422 g/mol. The van der Waals surface area contributed by atoms with Gasteiger partial charge in [0.25, 0.3) is 0 Å². The molecule has 0 N–H and O–H groups in total. The van der Waals surface area contributed by atoms with Crippen molar-refractivity contribution in [1.82, 2.24) is 0 Å². The number of alkyl halides is 1. The number of hydrogen-bond donors (Lipinski definition) is 0. The lowest BCUT2D eigenvalue weighted by Gasteiger charge is -2.31. The Morgan fingerprint density at radius 3 is 2.43 bits per heavy atom. The van der Waals surface area contributed by atoms with E-state index in [0.717, 1.165) is 0 Å². The summed E-state index contributed by atoms with van der Waals surface area (Å²) in [5, 5.41) is 3.61. The van der Waals surface area contributed by atoms with E-state index < -0.39 is 0 Å². The fraction of sp³-hybridized carbons (Fsp3) is 0.222. The molecular weight excluding hydrogens is 408 g/mol. The Morgan fingerprint density at radius 1 is 1.00 bits per heavy atom. The van der Waals surface area contributed by atoms with Gasteiger partial charge in [0.1, 0.15) is 0 Å². The molecule has 3 heteroatoms. The van der Waals surface area contributed by atoms with Crippen molar-refractivity contribution < 1.29 is 0 Å². The third-order valence-corrected chi connectivity index (χ3v) is 7.61. The highest BCUT2D eigenvalue weighted by atomic mass is 79.9. The Balaban J connectivity index is 2.08. The van der Waals surface area contributed by atoms with Gasteiger partial charge in [0, 0.05) is 14.6 Å². The second kappa shape index (κ2) is 5.86. The Labute approximate surface area is 146 Å². The smallest absolute Gasteiger partial charge is 0.0501 e. The van der Waals surface area contributed by atoms with Crippen LogP contribution < -0.4 is 0 Å². The van der Waals surface area contributed by atoms with Crippen LogP contribution in [0.1, 0.15) is 29.8 Å². The first-order valence-corrected chi connectivity index (χ1v) is 9.46. The molecule has 0 saturated heterocycles. The average Bonchev–Trinajstić information content (AvgIpc) is 2.92. The fourth-order valence-electron chi connectivity index (χ4n) is 2.64. The Morgan fingerprint density at radius 2 is 1.71 bits per heavy atom. The molecule has 3 rings (SSSR count). The lowest BCUT2D eigenvalue weighted by Crippen LogP contribution is -2.22. The summed E-state index contributed by atoms with van der Waals surface area (Å²) in [6.07, 6.45) is 0. The fourth-order valence-corrected chi connectivity index (χ4v) is 5.11. The molecule has 0 spiro atoms. The van der Waals surface area contributed by atoms with Gasteiger partial charge in [-0.2, -0.15) is 0 Å². The number of halogens is 2. The first-order valence-electron chi connectivity index (χ1n) is 6.87. The minimum atomic E-state index is 0.0254. The number of hydrogen-bond acceptors (Lipinski definition) is 1. The van der Waals surface area contributed by atoms with Gasteiger partial charge in [-0.1, -0.05) is 72.2 Å². The zero-order valence-corrected chi connectivity index (χ0v) is 15.9. The first-order chi connectivity index (χ1) is 10.0. The summed E-state index contributed by atoms with van der Waals surface area (Å²) in [7, 11) is 0. The normalized spacial score (nSPS) is 13.5. The molecule has 0 aliphatic rings. The van der Waals surface area contributed by atoms with Crippen molar-refractivity contribution in [2.24, 2.45) is 0 Å². The second-order valence-corrected chi connectivity index (χ2v) is 8.41. The highest BCUT2D eigenvalue weighted by Crippen LogP contribution is 2.47. The molecule has 0 nitrogen and oxygen atoms in total. The number of thiophene rings is 1. The summed E-state index contributed by atoms with van der Waals surface area (Å²) in [6, 6.07) is 17.1. The van der Waals surface area contributed by atoms with Gasteiger partial charge in [-0.3, -0.25) is 0 Å². The number of benzene rings is 2. The van der Waals surface area contributed by atoms with Crippen molar-refractivity contribution in [3.63, 3.8) is 0 Å². The summed E-state index contributed by atoms with van der Waals surface area (Å²) >= 11 is 9.41. The molecule has 0 fully saturated rings. The summed E-state index contributed by atoms with van der Waals surface area (Å²) in [6.45, 7) is 4.59. The van der Waals surface area contributed by atoms with Crippen LogP contribution in [0, 0.1) is 0 Å². The third kappa shape index (κ3) is 2.71. The highest BCUT2D eigenvalue weighted by Gasteiger charge is 2.32. The standard InChI is InChI=1S/C18H16Br2S/c1-18(2,12-7-4-3-5-8-12)17(20)14-11-21-16-13(14)9-6-10-15(16)19/h3-11,17H,1-2H3. The van der Waals surface area contributed by atoms with Gasteiger partial charge >= 0.3 is 0 Å². The van der Waals surface area contributed by atoms with Crippen molar-refractivity contribution in [3.8, 4) is 0 Å². The molecule has 21 heavy (non-hydrogen) atoms. The van der Waals surface area contributed by atoms with Crippen molar-refractivity contribution in [2.75, 3.05) is 0 Å². The molecule has 1 atom stereocenters. The molecule has 1 unspecified atom stereocenters. The van der Waals surface area contributed by atoms with Gasteiger partial charge in [0.15, 0.2) is 0 Å². The first kappa shape index (κ1) is 15.3. The van der Waals surface area contributed by atoms with E-state index in [-0.39, 0.29) is 10.2 Å². The molecule has 0 amide bonds. The topological polar surface area (TPSA) is 0 Å². The summed E-state index contributed by atoms with van der Waals surface area (Å²) in [5.74, 6) is 0. The lowest BCUT2D eigenvalue weighted by molar-refractivity contribution is 0.520. The molecule has 0 saturated carbocycles. The summed E-state index contributed by atoms with van der Waals surface area (Å²) in [5.41, 5.74) is 2.74. The minimum Gasteiger partial charge on any atom is -0.142 e. The van der Waals surface area contributed by atoms with Gasteiger partial charge in [0.05, 0.1) is 4.83 Å². The quantitative estimate of drug-likeness (QED) is 0.395. The number of fused-ring (bicyclic) bond motifs is 1. The molecule has 0 bridgehead atoms. The Bertz CT molecular complexity index is 759. The predicted octanol–water partition coefficient (Wildman–Crippen LogP) is 7.08. The van der Waals surface area contributed by atoms with Crippen LogP contribution in [0.5, 0.6) is 0 Å². The van der Waals surface area contributed by atoms with E-state index in [1.54, 1.807) is 11.3 Å². The van der Waals surface area contributed by atoms with E-state index in [4.69, 9.17) is 0 Å². The van der Waals surface area contributed by atoms with E-state index in [1.807, 2.05) is 0 Å². The predicted molar refractivity (Wildman–Crippen MR) is 101 cm³/mol. The van der Waals surface area contributed by atoms with Crippen molar-refractivity contribution >= 4 is 53.3 Å². The average molecular weight is 424 g/mol. The summed E-state index contributed by atoms with van der Waals surface area (Å²) in [4.78, 5) is 0.274. The van der Waals surface area contributed by atoms with E-state index >= 15 is 0 Å². The molecule has 0 aliphatic heterocycles. The van der Waals surface area contributed by atoms with Crippen LogP contribution in [-0.4, -0.2) is 0 Å². The zero-order chi connectivity index (χ0) is 15.0. The SMILES string of the molecule is CC(C)(c1ccccc1)C(Br)c1csc2c(Br)cccc12. The van der Waals surface area contributed by atoms with Crippen LogP contribution in [0.15, 0.2) is 58.4 Å². The van der Waals surface area contributed by atoms with Gasteiger partial charge in [-0.15, -0.1) is 11.3 Å². The molecule has 108 valence electrons. The van der Waals surface area contributed by atoms with E-state index in [9.17, 15) is 0 Å². The molecule has 3 aromatic rings. The van der Waals surface area contributed by atoms with Crippen LogP contribution in [0.3, 0.4) is 0 Å². The van der Waals surface area contributed by atoms with Crippen LogP contribution in [-0.2, 0) is 5.41 Å². The molecule has 0 radical (unpaired) electrons. The van der Waals surface area contributed by atoms with E-state index in [1.165, 1.54) is 25.7 Å². The molecular formula is C18H16Br2S. The van der Waals surface area contributed by atoms with Crippen LogP contribution in [0.2, 0.25) is 0 Å². The Hall–Kier alpha value is -0.640. The highest BCUT2D eigenvalue weighted by molar-refractivity contribution is 9.10. The minimum absolute atomic E-state index is 0.0254. The van der Waals surface area contributed by atoms with Gasteiger partial charge in [-0.25, -0.2) is 0 Å². The molecule has 2 aromatic carbocycles. The largest absolute Gasteiger partial charge is 0.142 e. The van der Waals surface area contributed by atoms with Crippen molar-refractivity contribution in [3.05, 3.63) is 69.5 Å². The van der Waals surface area contributed by atoms with E-state index in [2.05, 4.69) is 99.6 Å². The Kier molecular flexibility index (Phi) is 4.26. The van der Waals surface area contributed by atoms with Gasteiger partial charge in [-0.05, 0) is 43.9 Å². The third-order valence-electron chi connectivity index (χ3n) is 4.01. The van der Waals surface area contributed by atoms with Crippen LogP contribution in [0.25, 0.3) is 10.1 Å². The molecule has 0 aliphatic carbocycles. The maximum atomic E-state index is 3.96. The second-order valence-electron chi connectivity index (χ2n) is 5.76. The van der Waals surface area contributed by atoms with Crippen LogP contribution >= 0.6 is 43.2 Å². The molecule has 1 aromatic heterocycles. The zero-order valence-electron chi connectivity index (χ0n) is 11.9. The summed E-state index contributed by atoms with van der Waals surface area (Å²) < 4.78 is 2.49. The van der Waals surface area contributed by atoms with E-state index in [0.29, 0.717) is 0 Å². The molecule has 1 heterocycles. The number of rotatable bonds is 3.